The first kappa shape index (κ1) is 17.3. The third-order valence-corrected chi connectivity index (χ3v) is 3.40. The van der Waals surface area contributed by atoms with Crippen molar-refractivity contribution in [3.05, 3.63) is 77.4 Å². The molecule has 0 atom stereocenters. The second-order valence-electron chi connectivity index (χ2n) is 5.24. The Kier molecular flexibility index (Phi) is 6.60. The van der Waals surface area contributed by atoms with Crippen LogP contribution in [0.25, 0.3) is 6.08 Å². The van der Waals surface area contributed by atoms with Gasteiger partial charge in [-0.05, 0) is 24.1 Å². The highest BCUT2D eigenvalue weighted by Gasteiger charge is 2.15. The first-order valence-corrected chi connectivity index (χ1v) is 7.84. The molecule has 2 aromatic rings. The van der Waals surface area contributed by atoms with Crippen LogP contribution in [0.15, 0.2) is 66.2 Å². The average molecular weight is 320 g/mol. The Bertz CT molecular complexity index is 718. The van der Waals surface area contributed by atoms with E-state index in [0.717, 1.165) is 11.1 Å². The van der Waals surface area contributed by atoms with Crippen molar-refractivity contribution in [1.82, 2.24) is 4.90 Å². The summed E-state index contributed by atoms with van der Waals surface area (Å²) in [5.74, 6) is -0.394. The van der Waals surface area contributed by atoms with Crippen molar-refractivity contribution < 1.29 is 9.53 Å². The highest BCUT2D eigenvalue weighted by atomic mass is 16.5. The van der Waals surface area contributed by atoms with Crippen molar-refractivity contribution >= 4 is 12.0 Å². The number of hydrogen-bond donors (Lipinski definition) is 0. The summed E-state index contributed by atoms with van der Waals surface area (Å²) < 4.78 is 5.13. The summed E-state index contributed by atoms with van der Waals surface area (Å²) in [6, 6.07) is 19.2. The van der Waals surface area contributed by atoms with Gasteiger partial charge in [-0.25, -0.2) is 4.79 Å². The van der Waals surface area contributed by atoms with E-state index in [0.29, 0.717) is 18.7 Å². The Balaban J connectivity index is 2.18. The lowest BCUT2D eigenvalue weighted by Crippen LogP contribution is -2.24. The molecule has 0 saturated carbocycles. The number of hydrogen-bond acceptors (Lipinski definition) is 4. The van der Waals surface area contributed by atoms with Crippen LogP contribution in [0.1, 0.15) is 18.1 Å². The maximum absolute atomic E-state index is 12.2. The zero-order valence-electron chi connectivity index (χ0n) is 13.7. The number of rotatable bonds is 7. The molecule has 0 unspecified atom stereocenters. The van der Waals surface area contributed by atoms with E-state index in [1.54, 1.807) is 17.9 Å². The minimum Gasteiger partial charge on any atom is -0.463 e. The molecule has 0 saturated heterocycles. The fraction of sp³-hybridized carbons (Fsp3) is 0.200. The molecule has 24 heavy (non-hydrogen) atoms. The van der Waals surface area contributed by atoms with Gasteiger partial charge in [0.05, 0.1) is 25.3 Å². The Hall–Kier alpha value is -3.06. The Morgan fingerprint density at radius 2 is 1.75 bits per heavy atom. The highest BCUT2D eigenvalue weighted by molar-refractivity contribution is 5.94. The van der Waals surface area contributed by atoms with E-state index in [9.17, 15) is 10.1 Å². The third-order valence-electron chi connectivity index (χ3n) is 3.40. The van der Waals surface area contributed by atoms with Crippen molar-refractivity contribution in [1.29, 1.82) is 5.26 Å². The summed E-state index contributed by atoms with van der Waals surface area (Å²) in [7, 11) is 0. The van der Waals surface area contributed by atoms with E-state index >= 15 is 0 Å². The zero-order valence-corrected chi connectivity index (χ0v) is 13.7. The molecule has 2 aromatic carbocycles. The highest BCUT2D eigenvalue weighted by Crippen LogP contribution is 2.12. The molecule has 0 fully saturated rings. The molecule has 0 aliphatic heterocycles. The van der Waals surface area contributed by atoms with Crippen LogP contribution in [0.2, 0.25) is 0 Å². The van der Waals surface area contributed by atoms with E-state index in [-0.39, 0.29) is 6.54 Å². The number of benzene rings is 2. The van der Waals surface area contributed by atoms with Crippen LogP contribution in [-0.4, -0.2) is 24.0 Å². The summed E-state index contributed by atoms with van der Waals surface area (Å²) in [6.45, 7) is 2.72. The molecule has 0 aliphatic rings. The normalized spacial score (nSPS) is 10.8. The SMILES string of the molecule is CCOC(=O)/C(=C\c1ccccc1)CN(C#N)Cc1ccccc1. The van der Waals surface area contributed by atoms with Gasteiger partial charge < -0.3 is 9.64 Å². The molecule has 0 amide bonds. The molecule has 122 valence electrons. The van der Waals surface area contributed by atoms with Crippen molar-refractivity contribution in [2.45, 2.75) is 13.5 Å². The molecule has 0 N–H and O–H groups in total. The van der Waals surface area contributed by atoms with Gasteiger partial charge in [-0.3, -0.25) is 0 Å². The van der Waals surface area contributed by atoms with E-state index < -0.39 is 5.97 Å². The first-order chi connectivity index (χ1) is 11.7. The van der Waals surface area contributed by atoms with E-state index in [4.69, 9.17) is 4.74 Å². The lowest BCUT2D eigenvalue weighted by Gasteiger charge is -2.17. The number of nitrogens with zero attached hydrogens (tertiary/aromatic N) is 2. The van der Waals surface area contributed by atoms with Crippen molar-refractivity contribution in [2.24, 2.45) is 0 Å². The fourth-order valence-electron chi connectivity index (χ4n) is 2.28. The number of carbonyl (C=O) groups excluding carboxylic acids is 1. The van der Waals surface area contributed by atoms with Gasteiger partial charge in [0, 0.05) is 0 Å². The van der Waals surface area contributed by atoms with E-state index in [1.165, 1.54) is 0 Å². The second-order valence-corrected chi connectivity index (χ2v) is 5.24. The molecule has 0 heterocycles. The quantitative estimate of drug-likeness (QED) is 0.338. The number of ether oxygens (including phenoxy) is 1. The van der Waals surface area contributed by atoms with E-state index in [1.807, 2.05) is 60.7 Å². The Morgan fingerprint density at radius 3 is 2.33 bits per heavy atom. The topological polar surface area (TPSA) is 53.3 Å². The maximum atomic E-state index is 12.2. The molecule has 2 rings (SSSR count). The summed E-state index contributed by atoms with van der Waals surface area (Å²) in [5, 5.41) is 9.41. The van der Waals surface area contributed by atoms with Gasteiger partial charge in [-0.15, -0.1) is 0 Å². The standard InChI is InChI=1S/C20H20N2O2/c1-2-24-20(23)19(13-17-9-5-3-6-10-17)15-22(16-21)14-18-11-7-4-8-12-18/h3-13H,2,14-15H2,1H3/b19-13-. The molecular formula is C20H20N2O2. The van der Waals surface area contributed by atoms with E-state index in [2.05, 4.69) is 6.19 Å². The van der Waals surface area contributed by atoms with Gasteiger partial charge in [0.25, 0.3) is 0 Å². The summed E-state index contributed by atoms with van der Waals surface area (Å²) >= 11 is 0. The Labute approximate surface area is 142 Å². The molecular weight excluding hydrogens is 300 g/mol. The van der Waals surface area contributed by atoms with Crippen LogP contribution in [0, 0.1) is 11.5 Å². The second kappa shape index (κ2) is 9.16. The van der Waals surface area contributed by atoms with Crippen molar-refractivity contribution in [2.75, 3.05) is 13.2 Å². The molecule has 0 radical (unpaired) electrons. The van der Waals surface area contributed by atoms with Gasteiger partial charge in [0.1, 0.15) is 0 Å². The smallest absolute Gasteiger partial charge is 0.335 e. The number of esters is 1. The van der Waals surface area contributed by atoms with Crippen LogP contribution in [0.4, 0.5) is 0 Å². The molecule has 4 nitrogen and oxygen atoms in total. The molecule has 0 aliphatic carbocycles. The van der Waals surface area contributed by atoms with Gasteiger partial charge in [0.2, 0.25) is 0 Å². The monoisotopic (exact) mass is 320 g/mol. The number of nitriles is 1. The van der Waals surface area contributed by atoms with Gasteiger partial charge in [0.15, 0.2) is 6.19 Å². The summed E-state index contributed by atoms with van der Waals surface area (Å²) in [6.07, 6.45) is 3.92. The van der Waals surface area contributed by atoms with Crippen molar-refractivity contribution in [3.63, 3.8) is 0 Å². The third kappa shape index (κ3) is 5.29. The minimum atomic E-state index is -0.394. The van der Waals surface area contributed by atoms with Crippen LogP contribution < -0.4 is 0 Å². The van der Waals surface area contributed by atoms with Crippen LogP contribution in [0.3, 0.4) is 0 Å². The first-order valence-electron chi connectivity index (χ1n) is 7.84. The lowest BCUT2D eigenvalue weighted by atomic mass is 10.1. The summed E-state index contributed by atoms with van der Waals surface area (Å²) in [4.78, 5) is 13.8. The van der Waals surface area contributed by atoms with Crippen molar-refractivity contribution in [3.8, 4) is 6.19 Å². The average Bonchev–Trinajstić information content (AvgIpc) is 2.62. The van der Waals surface area contributed by atoms with Crippen LogP contribution in [0.5, 0.6) is 0 Å². The lowest BCUT2D eigenvalue weighted by molar-refractivity contribution is -0.138. The molecule has 0 spiro atoms. The summed E-state index contributed by atoms with van der Waals surface area (Å²) in [5.41, 5.74) is 2.38. The molecule has 4 heteroatoms. The van der Waals surface area contributed by atoms with Crippen LogP contribution in [-0.2, 0) is 16.1 Å². The fourth-order valence-corrected chi connectivity index (χ4v) is 2.28. The predicted molar refractivity (Wildman–Crippen MR) is 93.5 cm³/mol. The van der Waals surface area contributed by atoms with Gasteiger partial charge in [-0.2, -0.15) is 5.26 Å². The van der Waals surface area contributed by atoms with Gasteiger partial charge in [-0.1, -0.05) is 60.7 Å². The van der Waals surface area contributed by atoms with Gasteiger partial charge >= 0.3 is 5.97 Å². The zero-order chi connectivity index (χ0) is 17.2. The molecule has 0 bridgehead atoms. The number of carbonyl (C=O) groups is 1. The maximum Gasteiger partial charge on any atom is 0.335 e. The largest absolute Gasteiger partial charge is 0.463 e. The minimum absolute atomic E-state index is 0.207. The predicted octanol–water partition coefficient (Wildman–Crippen LogP) is 3.62. The van der Waals surface area contributed by atoms with Crippen LogP contribution >= 0.6 is 0 Å². The molecule has 0 aromatic heterocycles. The Morgan fingerprint density at radius 1 is 1.12 bits per heavy atom.